The van der Waals surface area contributed by atoms with Gasteiger partial charge in [0.05, 0.1) is 17.1 Å². The lowest BCUT2D eigenvalue weighted by Crippen LogP contribution is -2.47. The quantitative estimate of drug-likeness (QED) is 0.692. The van der Waals surface area contributed by atoms with E-state index in [0.717, 1.165) is 35.3 Å². The van der Waals surface area contributed by atoms with Crippen LogP contribution in [0.15, 0.2) is 48.5 Å². The van der Waals surface area contributed by atoms with E-state index in [1.54, 1.807) is 4.90 Å². The molecule has 148 valence electrons. The third-order valence-corrected chi connectivity index (χ3v) is 6.33. The summed E-state index contributed by atoms with van der Waals surface area (Å²) in [5.74, 6) is 0.862. The van der Waals surface area contributed by atoms with E-state index in [0.29, 0.717) is 18.7 Å². The molecule has 2 aliphatic rings. The van der Waals surface area contributed by atoms with Crippen LogP contribution in [0.1, 0.15) is 47.6 Å². The van der Waals surface area contributed by atoms with Gasteiger partial charge in [0.1, 0.15) is 11.9 Å². The minimum Gasteiger partial charge on any atom is -0.331 e. The van der Waals surface area contributed by atoms with Crippen molar-refractivity contribution in [2.24, 2.45) is 7.05 Å². The number of benzene rings is 2. The molecular weight excluding hydrogens is 364 g/mol. The van der Waals surface area contributed by atoms with E-state index in [2.05, 4.69) is 10.6 Å². The number of para-hydroxylation sites is 2. The minimum atomic E-state index is -0.495. The Morgan fingerprint density at radius 3 is 2.69 bits per heavy atom. The van der Waals surface area contributed by atoms with Gasteiger partial charge in [0, 0.05) is 25.7 Å². The van der Waals surface area contributed by atoms with Crippen LogP contribution in [0.3, 0.4) is 0 Å². The van der Waals surface area contributed by atoms with Crippen molar-refractivity contribution in [1.82, 2.24) is 19.4 Å². The zero-order valence-corrected chi connectivity index (χ0v) is 16.7. The van der Waals surface area contributed by atoms with Crippen LogP contribution in [0.25, 0.3) is 11.0 Å². The summed E-state index contributed by atoms with van der Waals surface area (Å²) in [7, 11) is 2.01. The summed E-state index contributed by atoms with van der Waals surface area (Å²) in [6.45, 7) is 3.04. The average Bonchev–Trinajstić information content (AvgIpc) is 3.44. The molecule has 0 radical (unpaired) electrons. The van der Waals surface area contributed by atoms with Gasteiger partial charge in [0.15, 0.2) is 0 Å². The molecule has 6 nitrogen and oxygen atoms in total. The average molecular weight is 388 g/mol. The number of hydrogen-bond acceptors (Lipinski definition) is 3. The van der Waals surface area contributed by atoms with Gasteiger partial charge in [-0.05, 0) is 43.5 Å². The number of imidazole rings is 1. The molecule has 0 N–H and O–H groups in total. The first-order valence-corrected chi connectivity index (χ1v) is 10.2. The Hall–Kier alpha value is -3.15. The fourth-order valence-corrected chi connectivity index (χ4v) is 4.72. The maximum Gasteiger partial charge on any atom is 0.255 e. The first kappa shape index (κ1) is 17.9. The number of likely N-dealkylation sites (tertiary alicyclic amines) is 1. The molecule has 2 aliphatic heterocycles. The summed E-state index contributed by atoms with van der Waals surface area (Å²) in [6, 6.07) is 15.1. The summed E-state index contributed by atoms with van der Waals surface area (Å²) in [5.41, 5.74) is 3.72. The molecule has 29 heavy (non-hydrogen) atoms. The molecule has 1 aromatic heterocycles. The number of aryl methyl sites for hydroxylation is 1. The number of aromatic nitrogens is 2. The van der Waals surface area contributed by atoms with E-state index >= 15 is 0 Å². The first-order valence-electron chi connectivity index (χ1n) is 10.2. The normalized spacial score (nSPS) is 19.8. The van der Waals surface area contributed by atoms with Crippen LogP contribution in [-0.2, 0) is 18.4 Å². The second-order valence-corrected chi connectivity index (χ2v) is 7.97. The third kappa shape index (κ3) is 2.74. The van der Waals surface area contributed by atoms with E-state index in [9.17, 15) is 9.59 Å². The lowest BCUT2D eigenvalue weighted by molar-refractivity contribution is -0.136. The molecule has 1 fully saturated rings. The first-order chi connectivity index (χ1) is 14.1. The van der Waals surface area contributed by atoms with Gasteiger partial charge in [-0.3, -0.25) is 9.59 Å². The van der Waals surface area contributed by atoms with Gasteiger partial charge < -0.3 is 14.4 Å². The molecule has 2 atom stereocenters. The zero-order valence-electron chi connectivity index (χ0n) is 16.7. The maximum atomic E-state index is 13.4. The van der Waals surface area contributed by atoms with E-state index in [1.165, 1.54) is 0 Å². The van der Waals surface area contributed by atoms with E-state index in [4.69, 9.17) is 4.98 Å². The Morgan fingerprint density at radius 2 is 1.90 bits per heavy atom. The monoisotopic (exact) mass is 388 g/mol. The van der Waals surface area contributed by atoms with E-state index < -0.39 is 6.04 Å². The summed E-state index contributed by atoms with van der Waals surface area (Å²) in [5, 5.41) is 0. The number of carbonyl (C=O) groups is 2. The molecule has 0 aliphatic carbocycles. The highest BCUT2D eigenvalue weighted by Crippen LogP contribution is 2.34. The number of carbonyl (C=O) groups excluding carboxylic acids is 2. The van der Waals surface area contributed by atoms with Gasteiger partial charge in [0.25, 0.3) is 5.91 Å². The van der Waals surface area contributed by atoms with Crippen LogP contribution in [0.4, 0.5) is 0 Å². The zero-order chi connectivity index (χ0) is 20.1. The molecule has 2 aromatic carbocycles. The van der Waals surface area contributed by atoms with Gasteiger partial charge in [-0.25, -0.2) is 4.98 Å². The standard InChI is InChI=1S/C23H24N4O2/c1-15(27-14-16-8-3-4-9-17(16)23(27)29)22(28)26-13-7-12-20(26)21-24-18-10-5-6-11-19(18)25(21)2/h3-6,8-11,15,20H,7,12-14H2,1-2H3. The molecule has 0 spiro atoms. The molecule has 3 aromatic rings. The van der Waals surface area contributed by atoms with Gasteiger partial charge >= 0.3 is 0 Å². The van der Waals surface area contributed by atoms with Crippen molar-refractivity contribution in [1.29, 1.82) is 0 Å². The van der Waals surface area contributed by atoms with Crippen LogP contribution >= 0.6 is 0 Å². The number of amides is 2. The highest BCUT2D eigenvalue weighted by molar-refractivity contribution is 6.01. The summed E-state index contributed by atoms with van der Waals surface area (Å²) >= 11 is 0. The van der Waals surface area contributed by atoms with Crippen LogP contribution in [0.2, 0.25) is 0 Å². The van der Waals surface area contributed by atoms with E-state index in [1.807, 2.05) is 61.3 Å². The third-order valence-electron chi connectivity index (χ3n) is 6.33. The molecule has 5 rings (SSSR count). The minimum absolute atomic E-state index is 0.000659. The Morgan fingerprint density at radius 1 is 1.14 bits per heavy atom. The van der Waals surface area contributed by atoms with Crippen molar-refractivity contribution < 1.29 is 9.59 Å². The van der Waals surface area contributed by atoms with Crippen molar-refractivity contribution in [3.8, 4) is 0 Å². The predicted molar refractivity (Wildman–Crippen MR) is 110 cm³/mol. The summed E-state index contributed by atoms with van der Waals surface area (Å²) in [4.78, 5) is 34.7. The molecule has 2 unspecified atom stereocenters. The lowest BCUT2D eigenvalue weighted by atomic mass is 10.1. The van der Waals surface area contributed by atoms with Gasteiger partial charge in [-0.1, -0.05) is 30.3 Å². The summed E-state index contributed by atoms with van der Waals surface area (Å²) < 4.78 is 2.09. The fourth-order valence-electron chi connectivity index (χ4n) is 4.72. The van der Waals surface area contributed by atoms with Crippen molar-refractivity contribution in [3.05, 3.63) is 65.5 Å². The molecule has 0 bridgehead atoms. The Kier molecular flexibility index (Phi) is 4.15. The smallest absolute Gasteiger partial charge is 0.255 e. The molecule has 0 saturated carbocycles. The van der Waals surface area contributed by atoms with Crippen molar-refractivity contribution in [2.45, 2.75) is 38.4 Å². The second-order valence-electron chi connectivity index (χ2n) is 7.97. The van der Waals surface area contributed by atoms with Crippen LogP contribution in [0, 0.1) is 0 Å². The van der Waals surface area contributed by atoms with Crippen molar-refractivity contribution in [3.63, 3.8) is 0 Å². The molecule has 6 heteroatoms. The number of rotatable bonds is 3. The molecule has 3 heterocycles. The topological polar surface area (TPSA) is 58.4 Å². The van der Waals surface area contributed by atoms with Crippen LogP contribution in [0.5, 0.6) is 0 Å². The fraction of sp³-hybridized carbons (Fsp3) is 0.348. The molecular formula is C23H24N4O2. The predicted octanol–water partition coefficient (Wildman–Crippen LogP) is 3.28. The van der Waals surface area contributed by atoms with Crippen molar-refractivity contribution >= 4 is 22.8 Å². The molecule has 1 saturated heterocycles. The highest BCUT2D eigenvalue weighted by atomic mass is 16.2. The van der Waals surface area contributed by atoms with Gasteiger partial charge in [-0.15, -0.1) is 0 Å². The highest BCUT2D eigenvalue weighted by Gasteiger charge is 2.40. The maximum absolute atomic E-state index is 13.4. The Labute approximate surface area is 169 Å². The number of hydrogen-bond donors (Lipinski definition) is 0. The van der Waals surface area contributed by atoms with Crippen molar-refractivity contribution in [2.75, 3.05) is 6.54 Å². The van der Waals surface area contributed by atoms with Crippen LogP contribution in [-0.4, -0.2) is 43.8 Å². The van der Waals surface area contributed by atoms with E-state index in [-0.39, 0.29) is 17.9 Å². The molecule has 2 amide bonds. The second kappa shape index (κ2) is 6.72. The number of nitrogens with zero attached hydrogens (tertiary/aromatic N) is 4. The van der Waals surface area contributed by atoms with Gasteiger partial charge in [-0.2, -0.15) is 0 Å². The summed E-state index contributed by atoms with van der Waals surface area (Å²) in [6.07, 6.45) is 1.84. The SMILES string of the molecule is CC(C(=O)N1CCCC1c1nc2ccccc2n1C)N1Cc2ccccc2C1=O. The number of fused-ring (bicyclic) bond motifs is 2. The Bertz CT molecular complexity index is 1120. The Balaban J connectivity index is 1.42. The largest absolute Gasteiger partial charge is 0.331 e. The van der Waals surface area contributed by atoms with Gasteiger partial charge in [0.2, 0.25) is 5.91 Å². The lowest BCUT2D eigenvalue weighted by Gasteiger charge is -2.31. The van der Waals surface area contributed by atoms with Crippen LogP contribution < -0.4 is 0 Å².